The minimum Gasteiger partial charge on any atom is -0.396 e. The molecule has 0 bridgehead atoms. The van der Waals surface area contributed by atoms with Gasteiger partial charge in [0.1, 0.15) is 0 Å². The molecule has 3 N–H and O–H groups in total. The third-order valence-electron chi connectivity index (χ3n) is 5.70. The Balaban J connectivity index is 1.48. The Morgan fingerprint density at radius 3 is 2.61 bits per heavy atom. The molecule has 1 amide bonds. The smallest absolute Gasteiger partial charge is 0.242 e. The number of piperidine rings is 1. The maximum atomic E-state index is 12.7. The molecule has 0 radical (unpaired) electrons. The van der Waals surface area contributed by atoms with Gasteiger partial charge in [0.15, 0.2) is 0 Å². The van der Waals surface area contributed by atoms with Crippen LogP contribution in [-0.4, -0.2) is 62.0 Å². The molecule has 0 saturated carbocycles. The molecule has 6 heteroatoms. The van der Waals surface area contributed by atoms with Crippen LogP contribution in [0.5, 0.6) is 0 Å². The number of para-hydroxylation sites is 1. The van der Waals surface area contributed by atoms with Crippen LogP contribution in [0, 0.1) is 5.92 Å². The number of nitrogens with zero attached hydrogens (tertiary/aromatic N) is 3. The molecule has 152 valence electrons. The molecule has 2 heterocycles. The number of likely N-dealkylation sites (tertiary alicyclic amines) is 1. The van der Waals surface area contributed by atoms with E-state index in [1.807, 2.05) is 53.4 Å². The standard InChI is InChI=1S/C22H33N5O/c1-3-26(21-9-12-24-15-20(21)23)16-18-10-13-27(14-11-18)22(28)17-25(2)19-7-5-4-6-8-19/h4-9,15,18,24H,3,10-14,16-17,23H2,1-2H3. The molecule has 6 nitrogen and oxygen atoms in total. The van der Waals surface area contributed by atoms with E-state index >= 15 is 0 Å². The normalized spacial score (nSPS) is 17.4. The SMILES string of the molecule is CCN(CC1CCN(C(=O)CN(C)c2ccccc2)CC1)C1=CCNC=C1N. The quantitative estimate of drug-likeness (QED) is 0.754. The molecular formula is C22H33N5O. The van der Waals surface area contributed by atoms with Crippen molar-refractivity contribution in [1.29, 1.82) is 0 Å². The third-order valence-corrected chi connectivity index (χ3v) is 5.70. The average Bonchev–Trinajstić information content (AvgIpc) is 2.73. The Hall–Kier alpha value is -2.63. The summed E-state index contributed by atoms with van der Waals surface area (Å²) in [7, 11) is 1.98. The second kappa shape index (κ2) is 9.53. The summed E-state index contributed by atoms with van der Waals surface area (Å²) in [5.74, 6) is 0.810. The van der Waals surface area contributed by atoms with Gasteiger partial charge in [-0.15, -0.1) is 0 Å². The summed E-state index contributed by atoms with van der Waals surface area (Å²) in [5, 5.41) is 3.15. The molecule has 2 aliphatic rings. The van der Waals surface area contributed by atoms with Crippen LogP contribution in [0.1, 0.15) is 19.8 Å². The molecule has 1 aromatic carbocycles. The summed E-state index contributed by atoms with van der Waals surface area (Å²) < 4.78 is 0. The van der Waals surface area contributed by atoms with Gasteiger partial charge in [-0.05, 0) is 43.9 Å². The van der Waals surface area contributed by atoms with E-state index in [0.29, 0.717) is 12.5 Å². The fourth-order valence-corrected chi connectivity index (χ4v) is 3.98. The molecule has 0 aromatic heterocycles. The lowest BCUT2D eigenvalue weighted by Gasteiger charge is -2.37. The minimum absolute atomic E-state index is 0.213. The van der Waals surface area contributed by atoms with Crippen molar-refractivity contribution in [2.75, 3.05) is 51.2 Å². The molecule has 1 saturated heterocycles. The monoisotopic (exact) mass is 383 g/mol. The van der Waals surface area contributed by atoms with Crippen LogP contribution in [0.4, 0.5) is 5.69 Å². The number of nitrogens with one attached hydrogen (secondary N) is 1. The number of dihydropyridines is 1. The van der Waals surface area contributed by atoms with Crippen molar-refractivity contribution < 1.29 is 4.79 Å². The largest absolute Gasteiger partial charge is 0.396 e. The lowest BCUT2D eigenvalue weighted by molar-refractivity contribution is -0.131. The summed E-state index contributed by atoms with van der Waals surface area (Å²) >= 11 is 0. The van der Waals surface area contributed by atoms with Crippen LogP contribution in [0.15, 0.2) is 54.0 Å². The lowest BCUT2D eigenvalue weighted by Crippen LogP contribution is -2.45. The molecule has 0 unspecified atom stereocenters. The molecule has 3 rings (SSSR count). The summed E-state index contributed by atoms with van der Waals surface area (Å²) in [4.78, 5) is 19.1. The number of carbonyl (C=O) groups excluding carboxylic acids is 1. The van der Waals surface area contributed by atoms with E-state index in [2.05, 4.69) is 23.2 Å². The molecule has 1 aromatic rings. The lowest BCUT2D eigenvalue weighted by atomic mass is 9.95. The van der Waals surface area contributed by atoms with Gasteiger partial charge < -0.3 is 25.8 Å². The van der Waals surface area contributed by atoms with Crippen LogP contribution < -0.4 is 16.0 Å². The summed E-state index contributed by atoms with van der Waals surface area (Å²) in [6.45, 7) is 7.06. The number of hydrogen-bond donors (Lipinski definition) is 2. The number of amides is 1. The van der Waals surface area contributed by atoms with E-state index in [9.17, 15) is 4.79 Å². The van der Waals surface area contributed by atoms with Crippen LogP contribution in [-0.2, 0) is 4.79 Å². The van der Waals surface area contributed by atoms with E-state index in [4.69, 9.17) is 5.73 Å². The highest BCUT2D eigenvalue weighted by atomic mass is 16.2. The van der Waals surface area contributed by atoms with E-state index in [1.54, 1.807) is 0 Å². The van der Waals surface area contributed by atoms with Crippen LogP contribution in [0.2, 0.25) is 0 Å². The summed E-state index contributed by atoms with van der Waals surface area (Å²) in [5.41, 5.74) is 9.17. The molecule has 0 atom stereocenters. The maximum absolute atomic E-state index is 12.7. The van der Waals surface area contributed by atoms with Crippen LogP contribution in [0.3, 0.4) is 0 Å². The van der Waals surface area contributed by atoms with Crippen molar-refractivity contribution in [1.82, 2.24) is 15.1 Å². The minimum atomic E-state index is 0.213. The van der Waals surface area contributed by atoms with E-state index in [1.165, 1.54) is 0 Å². The Morgan fingerprint density at radius 2 is 1.96 bits per heavy atom. The van der Waals surface area contributed by atoms with Gasteiger partial charge in [-0.25, -0.2) is 0 Å². The molecular weight excluding hydrogens is 350 g/mol. The second-order valence-corrected chi connectivity index (χ2v) is 7.65. The van der Waals surface area contributed by atoms with Crippen molar-refractivity contribution in [3.63, 3.8) is 0 Å². The molecule has 0 spiro atoms. The van der Waals surface area contributed by atoms with E-state index in [0.717, 1.165) is 62.6 Å². The molecule has 1 fully saturated rings. The van der Waals surface area contributed by atoms with E-state index in [-0.39, 0.29) is 5.91 Å². The maximum Gasteiger partial charge on any atom is 0.242 e. The van der Waals surface area contributed by atoms with Crippen molar-refractivity contribution in [3.8, 4) is 0 Å². The fourth-order valence-electron chi connectivity index (χ4n) is 3.98. The van der Waals surface area contributed by atoms with Gasteiger partial charge in [-0.2, -0.15) is 0 Å². The fraction of sp³-hybridized carbons (Fsp3) is 0.500. The molecule has 0 aliphatic carbocycles. The third kappa shape index (κ3) is 5.00. The zero-order valence-corrected chi connectivity index (χ0v) is 17.1. The predicted molar refractivity (Wildman–Crippen MR) is 115 cm³/mol. The first kappa shape index (κ1) is 20.1. The summed E-state index contributed by atoms with van der Waals surface area (Å²) in [6.07, 6.45) is 6.15. The number of hydrogen-bond acceptors (Lipinski definition) is 5. The second-order valence-electron chi connectivity index (χ2n) is 7.65. The number of carbonyl (C=O) groups is 1. The zero-order valence-electron chi connectivity index (χ0n) is 17.1. The highest BCUT2D eigenvalue weighted by molar-refractivity contribution is 5.81. The molecule has 28 heavy (non-hydrogen) atoms. The topological polar surface area (TPSA) is 64.8 Å². The average molecular weight is 384 g/mol. The first-order valence-electron chi connectivity index (χ1n) is 10.3. The highest BCUT2D eigenvalue weighted by Crippen LogP contribution is 2.22. The predicted octanol–water partition coefficient (Wildman–Crippen LogP) is 1.97. The van der Waals surface area contributed by atoms with Gasteiger partial charge in [0.05, 0.1) is 17.9 Å². The Labute approximate surface area is 168 Å². The zero-order chi connectivity index (χ0) is 19.9. The van der Waals surface area contributed by atoms with Gasteiger partial charge in [0, 0.05) is 51.7 Å². The Kier molecular flexibility index (Phi) is 6.85. The van der Waals surface area contributed by atoms with Crippen LogP contribution in [0.25, 0.3) is 0 Å². The van der Waals surface area contributed by atoms with Gasteiger partial charge in [-0.1, -0.05) is 18.2 Å². The number of likely N-dealkylation sites (N-methyl/N-ethyl adjacent to an activating group) is 2. The Bertz CT molecular complexity index is 707. The van der Waals surface area contributed by atoms with Gasteiger partial charge in [-0.3, -0.25) is 4.79 Å². The number of anilines is 1. The molecule has 2 aliphatic heterocycles. The van der Waals surface area contributed by atoms with Crippen molar-refractivity contribution in [3.05, 3.63) is 54.0 Å². The van der Waals surface area contributed by atoms with Gasteiger partial charge in [0.2, 0.25) is 5.91 Å². The summed E-state index contributed by atoms with van der Waals surface area (Å²) in [6, 6.07) is 10.1. The Morgan fingerprint density at radius 1 is 1.25 bits per heavy atom. The van der Waals surface area contributed by atoms with Crippen LogP contribution >= 0.6 is 0 Å². The first-order valence-corrected chi connectivity index (χ1v) is 10.3. The van der Waals surface area contributed by atoms with Gasteiger partial charge in [0.25, 0.3) is 0 Å². The number of benzene rings is 1. The first-order chi connectivity index (χ1) is 13.6. The van der Waals surface area contributed by atoms with Crippen molar-refractivity contribution in [2.24, 2.45) is 11.7 Å². The van der Waals surface area contributed by atoms with E-state index < -0.39 is 0 Å². The number of nitrogens with two attached hydrogens (primary N) is 1. The number of rotatable bonds is 7. The van der Waals surface area contributed by atoms with Gasteiger partial charge >= 0.3 is 0 Å². The van der Waals surface area contributed by atoms with Crippen molar-refractivity contribution in [2.45, 2.75) is 19.8 Å². The van der Waals surface area contributed by atoms with Crippen molar-refractivity contribution >= 4 is 11.6 Å². The highest BCUT2D eigenvalue weighted by Gasteiger charge is 2.25.